The summed E-state index contributed by atoms with van der Waals surface area (Å²) < 4.78 is 25.2. The molecular formula is C18H21FN2O6S. The van der Waals surface area contributed by atoms with Gasteiger partial charge in [0.15, 0.2) is 0 Å². The molecule has 1 fully saturated rings. The molecular weight excluding hydrogens is 391 g/mol. The molecule has 0 aromatic heterocycles. The first-order valence-electron chi connectivity index (χ1n) is 8.53. The van der Waals surface area contributed by atoms with Crippen LogP contribution in [0.15, 0.2) is 23.1 Å². The van der Waals surface area contributed by atoms with E-state index in [0.717, 1.165) is 6.07 Å². The van der Waals surface area contributed by atoms with Gasteiger partial charge in [-0.25, -0.2) is 4.39 Å². The van der Waals surface area contributed by atoms with Crippen LogP contribution in [0.3, 0.4) is 0 Å². The van der Waals surface area contributed by atoms with Gasteiger partial charge in [0.05, 0.1) is 10.8 Å². The van der Waals surface area contributed by atoms with Gasteiger partial charge in [0.1, 0.15) is 11.7 Å². The van der Waals surface area contributed by atoms with E-state index < -0.39 is 46.1 Å². The predicted molar refractivity (Wildman–Crippen MR) is 97.2 cm³/mol. The lowest BCUT2D eigenvalue weighted by Gasteiger charge is -2.21. The Balaban J connectivity index is 2.07. The predicted octanol–water partition coefficient (Wildman–Crippen LogP) is 0.414. The highest BCUT2D eigenvalue weighted by Gasteiger charge is 2.43. The lowest BCUT2D eigenvalue weighted by molar-refractivity contribution is -0.144. The Labute approximate surface area is 163 Å². The van der Waals surface area contributed by atoms with E-state index in [9.17, 15) is 27.8 Å². The van der Waals surface area contributed by atoms with Crippen LogP contribution in [0, 0.1) is 11.7 Å². The van der Waals surface area contributed by atoms with Gasteiger partial charge in [-0.05, 0) is 24.1 Å². The highest BCUT2D eigenvalue weighted by atomic mass is 32.2. The molecule has 10 heteroatoms. The number of rotatable bonds is 8. The van der Waals surface area contributed by atoms with Gasteiger partial charge in [0.25, 0.3) is 5.91 Å². The van der Waals surface area contributed by atoms with Crippen molar-refractivity contribution in [3.8, 4) is 0 Å². The van der Waals surface area contributed by atoms with Crippen LogP contribution in [-0.2, 0) is 36.5 Å². The van der Waals surface area contributed by atoms with Crippen molar-refractivity contribution in [1.82, 2.24) is 9.80 Å². The first kappa shape index (κ1) is 21.7. The van der Waals surface area contributed by atoms with Crippen molar-refractivity contribution < 1.29 is 32.9 Å². The molecule has 0 saturated carbocycles. The minimum absolute atomic E-state index is 0.00497. The van der Waals surface area contributed by atoms with Gasteiger partial charge >= 0.3 is 5.97 Å². The number of amides is 2. The van der Waals surface area contributed by atoms with Gasteiger partial charge in [-0.1, -0.05) is 6.07 Å². The van der Waals surface area contributed by atoms with E-state index in [1.165, 1.54) is 35.2 Å². The lowest BCUT2D eigenvalue weighted by atomic mass is 10.1. The van der Waals surface area contributed by atoms with E-state index in [1.54, 1.807) is 0 Å². The number of benzene rings is 1. The number of carbonyl (C=O) groups excluding carboxylic acids is 3. The van der Waals surface area contributed by atoms with Crippen molar-refractivity contribution in [2.45, 2.75) is 24.3 Å². The monoisotopic (exact) mass is 412 g/mol. The Kier molecular flexibility index (Phi) is 7.00. The van der Waals surface area contributed by atoms with E-state index >= 15 is 0 Å². The number of nitrogens with zero attached hydrogens (tertiary/aromatic N) is 2. The van der Waals surface area contributed by atoms with E-state index in [4.69, 9.17) is 5.11 Å². The number of hydrogen-bond donors (Lipinski definition) is 1. The molecule has 2 atom stereocenters. The fourth-order valence-corrected chi connectivity index (χ4v) is 3.80. The SMILES string of the molecule is CN(Cc1ccc(F)cc1S(C)=O)C(=O)C1CN(CCCC(=O)O)C(=O)C1=O. The highest BCUT2D eigenvalue weighted by molar-refractivity contribution is 7.84. The molecule has 1 N–H and O–H groups in total. The maximum Gasteiger partial charge on any atom is 0.303 e. The molecule has 1 aromatic rings. The van der Waals surface area contributed by atoms with Crippen LogP contribution in [-0.4, -0.2) is 69.1 Å². The molecule has 0 spiro atoms. The number of halogens is 1. The number of aliphatic carboxylic acids is 1. The molecule has 0 aliphatic carbocycles. The average molecular weight is 412 g/mol. The van der Waals surface area contributed by atoms with E-state index in [2.05, 4.69) is 0 Å². The quantitative estimate of drug-likeness (QED) is 0.489. The molecule has 2 rings (SSSR count). The van der Waals surface area contributed by atoms with Crippen LogP contribution in [0.2, 0.25) is 0 Å². The Morgan fingerprint density at radius 3 is 2.64 bits per heavy atom. The Morgan fingerprint density at radius 2 is 2.04 bits per heavy atom. The van der Waals surface area contributed by atoms with Crippen LogP contribution in [0.25, 0.3) is 0 Å². The third-order valence-electron chi connectivity index (χ3n) is 4.46. The number of carboxylic acids is 1. The first-order chi connectivity index (χ1) is 13.1. The molecule has 1 aromatic carbocycles. The molecule has 0 radical (unpaired) electrons. The van der Waals surface area contributed by atoms with Gasteiger partial charge in [-0.3, -0.25) is 23.4 Å². The van der Waals surface area contributed by atoms with Crippen molar-refractivity contribution in [2.75, 3.05) is 26.4 Å². The molecule has 2 amide bonds. The number of carboxylic acid groups (broad SMARTS) is 1. The van der Waals surface area contributed by atoms with Gasteiger partial charge in [0.2, 0.25) is 11.7 Å². The van der Waals surface area contributed by atoms with Crippen LogP contribution in [0.4, 0.5) is 4.39 Å². The van der Waals surface area contributed by atoms with Crippen molar-refractivity contribution in [3.05, 3.63) is 29.6 Å². The number of ketones is 1. The highest BCUT2D eigenvalue weighted by Crippen LogP contribution is 2.21. The molecule has 1 aliphatic heterocycles. The third-order valence-corrected chi connectivity index (χ3v) is 5.46. The second-order valence-corrected chi connectivity index (χ2v) is 7.91. The molecule has 0 bridgehead atoms. The summed E-state index contributed by atoms with van der Waals surface area (Å²) in [5.41, 5.74) is 0.480. The smallest absolute Gasteiger partial charge is 0.303 e. The van der Waals surface area contributed by atoms with Gasteiger partial charge in [-0.2, -0.15) is 0 Å². The van der Waals surface area contributed by atoms with Gasteiger partial charge < -0.3 is 14.9 Å². The normalized spacial score (nSPS) is 17.7. The summed E-state index contributed by atoms with van der Waals surface area (Å²) in [5, 5.41) is 8.66. The van der Waals surface area contributed by atoms with E-state index in [1.807, 2.05) is 0 Å². The van der Waals surface area contributed by atoms with E-state index in [0.29, 0.717) is 5.56 Å². The number of carbonyl (C=O) groups is 4. The zero-order valence-corrected chi connectivity index (χ0v) is 16.3. The molecule has 8 nitrogen and oxygen atoms in total. The summed E-state index contributed by atoms with van der Waals surface area (Å²) in [6.45, 7) is -0.0112. The van der Waals surface area contributed by atoms with Crippen molar-refractivity contribution in [1.29, 1.82) is 0 Å². The lowest BCUT2D eigenvalue weighted by Crippen LogP contribution is -2.37. The zero-order chi connectivity index (χ0) is 21.0. The second-order valence-electron chi connectivity index (χ2n) is 6.57. The minimum atomic E-state index is -1.46. The zero-order valence-electron chi connectivity index (χ0n) is 15.5. The molecule has 28 heavy (non-hydrogen) atoms. The topological polar surface area (TPSA) is 112 Å². The molecule has 1 saturated heterocycles. The standard InChI is InChI=1S/C18H21FN2O6S/c1-20(9-11-5-6-12(19)8-14(11)28(2)27)17(25)13-10-21(18(26)16(13)24)7-3-4-15(22)23/h5-6,8,13H,3-4,7,9-10H2,1-2H3,(H,22,23). The van der Waals surface area contributed by atoms with Gasteiger partial charge in [-0.15, -0.1) is 0 Å². The van der Waals surface area contributed by atoms with Crippen LogP contribution in [0.5, 0.6) is 0 Å². The molecule has 152 valence electrons. The summed E-state index contributed by atoms with van der Waals surface area (Å²) >= 11 is 0. The Hall–Kier alpha value is -2.62. The summed E-state index contributed by atoms with van der Waals surface area (Å²) in [6.07, 6.45) is 1.44. The molecule has 1 heterocycles. The van der Waals surface area contributed by atoms with E-state index in [-0.39, 0.29) is 37.4 Å². The van der Waals surface area contributed by atoms with Crippen molar-refractivity contribution >= 4 is 34.4 Å². The maximum absolute atomic E-state index is 13.4. The Morgan fingerprint density at radius 1 is 1.36 bits per heavy atom. The summed E-state index contributed by atoms with van der Waals surface area (Å²) in [5.74, 6) is -4.92. The summed E-state index contributed by atoms with van der Waals surface area (Å²) in [4.78, 5) is 50.1. The summed E-state index contributed by atoms with van der Waals surface area (Å²) in [7, 11) is -0.0204. The maximum atomic E-state index is 13.4. The van der Waals surface area contributed by atoms with Crippen molar-refractivity contribution in [3.63, 3.8) is 0 Å². The second kappa shape index (κ2) is 9.05. The molecule has 2 unspecified atom stereocenters. The number of Topliss-reactive ketones (excluding diaryl/α,β-unsaturated/α-hetero) is 1. The largest absolute Gasteiger partial charge is 0.481 e. The third kappa shape index (κ3) is 5.00. The fourth-order valence-electron chi connectivity index (χ4n) is 3.02. The van der Waals surface area contributed by atoms with Crippen molar-refractivity contribution in [2.24, 2.45) is 5.92 Å². The fraction of sp³-hybridized carbons (Fsp3) is 0.444. The van der Waals surface area contributed by atoms with Crippen LogP contribution < -0.4 is 0 Å². The molecule has 1 aliphatic rings. The van der Waals surface area contributed by atoms with Crippen LogP contribution in [0.1, 0.15) is 18.4 Å². The first-order valence-corrected chi connectivity index (χ1v) is 10.1. The number of hydrogen-bond acceptors (Lipinski definition) is 5. The minimum Gasteiger partial charge on any atom is -0.481 e. The number of likely N-dealkylation sites (tertiary alicyclic amines) is 1. The summed E-state index contributed by atoms with van der Waals surface area (Å²) in [6, 6.07) is 3.76. The Bertz CT molecular complexity index is 843. The van der Waals surface area contributed by atoms with Gasteiger partial charge in [0, 0.05) is 44.3 Å². The van der Waals surface area contributed by atoms with Crippen LogP contribution >= 0.6 is 0 Å². The average Bonchev–Trinajstić information content (AvgIpc) is 2.90.